The van der Waals surface area contributed by atoms with Crippen molar-refractivity contribution in [2.75, 3.05) is 4.90 Å². The molecule has 0 bridgehead atoms. The minimum Gasteiger partial charge on any atom is -0.310 e. The first-order valence-corrected chi connectivity index (χ1v) is 18.9. The monoisotopic (exact) mass is 699 g/mol. The summed E-state index contributed by atoms with van der Waals surface area (Å²) in [7, 11) is 0. The maximum atomic E-state index is 2.42. The molecule has 0 N–H and O–H groups in total. The lowest BCUT2D eigenvalue weighted by Crippen LogP contribution is -2.10. The molecule has 0 atom stereocenters. The highest BCUT2D eigenvalue weighted by Crippen LogP contribution is 2.44. The van der Waals surface area contributed by atoms with Crippen molar-refractivity contribution < 1.29 is 0 Å². The van der Waals surface area contributed by atoms with Crippen molar-refractivity contribution in [3.05, 3.63) is 224 Å². The lowest BCUT2D eigenvalue weighted by Gasteiger charge is -2.28. The zero-order chi connectivity index (χ0) is 36.6. The number of anilines is 3. The van der Waals surface area contributed by atoms with Gasteiger partial charge in [-0.05, 0) is 107 Å². The van der Waals surface area contributed by atoms with E-state index in [0.29, 0.717) is 0 Å². The summed E-state index contributed by atoms with van der Waals surface area (Å²) >= 11 is 0. The molecule has 0 heterocycles. The van der Waals surface area contributed by atoms with Crippen molar-refractivity contribution in [2.24, 2.45) is 0 Å². The summed E-state index contributed by atoms with van der Waals surface area (Å²) in [5.41, 5.74) is 8.14. The zero-order valence-corrected chi connectivity index (χ0v) is 30.3. The molecule has 0 fully saturated rings. The van der Waals surface area contributed by atoms with E-state index in [1.807, 2.05) is 0 Å². The topological polar surface area (TPSA) is 3.24 Å². The fourth-order valence-corrected chi connectivity index (χ4v) is 8.25. The second kappa shape index (κ2) is 14.0. The second-order valence-electron chi connectivity index (χ2n) is 14.1. The lowest BCUT2D eigenvalue weighted by atomic mass is 9.93. The van der Waals surface area contributed by atoms with Gasteiger partial charge in [0, 0.05) is 16.8 Å². The summed E-state index contributed by atoms with van der Waals surface area (Å²) in [6.45, 7) is 0. The number of rotatable bonds is 5. The van der Waals surface area contributed by atoms with E-state index in [-0.39, 0.29) is 0 Å². The van der Waals surface area contributed by atoms with Crippen LogP contribution in [0.3, 0.4) is 0 Å². The molecule has 55 heavy (non-hydrogen) atoms. The van der Waals surface area contributed by atoms with Gasteiger partial charge in [-0.3, -0.25) is 0 Å². The van der Waals surface area contributed by atoms with E-state index in [4.69, 9.17) is 0 Å². The molecule has 1 heteroatoms. The molecule has 258 valence electrons. The van der Waals surface area contributed by atoms with Crippen molar-refractivity contribution in [3.63, 3.8) is 0 Å². The Kier molecular flexibility index (Phi) is 8.24. The number of benzene rings is 9. The van der Waals surface area contributed by atoms with Crippen LogP contribution >= 0.6 is 0 Å². The number of nitrogens with zero attached hydrogens (tertiary/aromatic N) is 1. The average molecular weight is 700 g/mol. The highest BCUT2D eigenvalue weighted by atomic mass is 15.1. The van der Waals surface area contributed by atoms with Crippen LogP contribution in [0.2, 0.25) is 0 Å². The van der Waals surface area contributed by atoms with E-state index in [9.17, 15) is 0 Å². The highest BCUT2D eigenvalue weighted by Gasteiger charge is 2.18. The molecule has 0 amide bonds. The predicted octanol–water partition coefficient (Wildman–Crippen LogP) is 15.4. The van der Waals surface area contributed by atoms with Crippen LogP contribution in [0.4, 0.5) is 17.1 Å². The van der Waals surface area contributed by atoms with Crippen LogP contribution in [-0.4, -0.2) is 0 Å². The normalized spacial score (nSPS) is 11.3. The first-order valence-electron chi connectivity index (χ1n) is 18.9. The Morgan fingerprint density at radius 2 is 0.636 bits per heavy atom. The number of fused-ring (bicyclic) bond motifs is 7. The quantitative estimate of drug-likeness (QED) is 0.162. The third-order valence-electron chi connectivity index (χ3n) is 10.9. The third-order valence-corrected chi connectivity index (χ3v) is 10.9. The summed E-state index contributed by atoms with van der Waals surface area (Å²) < 4.78 is 0. The van der Waals surface area contributed by atoms with Crippen LogP contribution in [0.5, 0.6) is 0 Å². The molecule has 0 saturated heterocycles. The molecule has 10 aromatic rings. The lowest BCUT2D eigenvalue weighted by molar-refractivity contribution is 1.30. The predicted molar refractivity (Wildman–Crippen MR) is 237 cm³/mol. The molecule has 0 aliphatic carbocycles. The van der Waals surface area contributed by atoms with Gasteiger partial charge in [0.15, 0.2) is 0 Å². The van der Waals surface area contributed by atoms with Gasteiger partial charge in [0.25, 0.3) is 0 Å². The van der Waals surface area contributed by atoms with E-state index in [1.54, 1.807) is 0 Å². The molecule has 0 aliphatic rings. The Morgan fingerprint density at radius 3 is 1.25 bits per heavy atom. The maximum absolute atomic E-state index is 2.42. The Bertz CT molecular complexity index is 3020. The van der Waals surface area contributed by atoms with Gasteiger partial charge in [0.05, 0.1) is 5.69 Å². The van der Waals surface area contributed by atoms with Gasteiger partial charge in [-0.1, -0.05) is 188 Å². The first kappa shape index (κ1) is 32.4. The summed E-state index contributed by atoms with van der Waals surface area (Å²) in [5.74, 6) is 0. The Balaban J connectivity index is 1.16. The van der Waals surface area contributed by atoms with E-state index in [1.165, 1.54) is 76.1 Å². The molecular formula is C54H37N. The molecule has 0 saturated carbocycles. The first-order chi connectivity index (χ1) is 27.3. The standard InChI is InChI=1S/C54H37N/c1-2-4-16-38-17-6-9-21-45(38)46(20-5-3-1)39-28-32-43(33-29-39)55(54-37-42-19-8-11-23-48(42)50-25-14-15-27-52(50)54)44-34-30-40(31-35-44)53-36-41-18-7-10-22-47(41)49-24-12-13-26-51(49)53/h1-37H. The van der Waals surface area contributed by atoms with Crippen LogP contribution in [0.1, 0.15) is 0 Å². The molecule has 0 unspecified atom stereocenters. The average Bonchev–Trinajstić information content (AvgIpc) is 3.25. The SMILES string of the molecule is c1cccc(-c2ccc(N(c3ccc(-c4cc5ccccc5c5ccccc45)cc3)c3cc4ccccc4c4ccccc34)cc2)c2ccccc2ccc1. The maximum Gasteiger partial charge on any atom is 0.0546 e. The fourth-order valence-electron chi connectivity index (χ4n) is 8.25. The third kappa shape index (κ3) is 5.93. The summed E-state index contributed by atoms with van der Waals surface area (Å²) in [5, 5.41) is 12.4. The van der Waals surface area contributed by atoms with Crippen molar-refractivity contribution >= 4 is 70.9 Å². The van der Waals surface area contributed by atoms with Crippen molar-refractivity contribution in [1.82, 2.24) is 0 Å². The van der Waals surface area contributed by atoms with Gasteiger partial charge in [0.2, 0.25) is 0 Å². The van der Waals surface area contributed by atoms with Crippen LogP contribution < -0.4 is 4.90 Å². The Labute approximate surface area is 321 Å². The number of hydrogen-bond donors (Lipinski definition) is 0. The second-order valence-corrected chi connectivity index (χ2v) is 14.1. The molecule has 0 aliphatic heterocycles. The Hall–Kier alpha value is -7.22. The van der Waals surface area contributed by atoms with E-state index in [2.05, 4.69) is 229 Å². The summed E-state index contributed by atoms with van der Waals surface area (Å²) in [6, 6.07) is 81.4. The van der Waals surface area contributed by atoms with E-state index in [0.717, 1.165) is 17.1 Å². The van der Waals surface area contributed by atoms with Crippen LogP contribution in [0, 0.1) is 0 Å². The molecule has 0 radical (unpaired) electrons. The smallest absolute Gasteiger partial charge is 0.0546 e. The van der Waals surface area contributed by atoms with Gasteiger partial charge < -0.3 is 4.90 Å². The minimum atomic E-state index is 1.10. The molecule has 10 rings (SSSR count). The summed E-state index contributed by atoms with van der Waals surface area (Å²) in [6.07, 6.45) is 0. The van der Waals surface area contributed by atoms with Crippen LogP contribution in [0.25, 0.3) is 76.1 Å². The van der Waals surface area contributed by atoms with Crippen molar-refractivity contribution in [3.8, 4) is 22.3 Å². The summed E-state index contributed by atoms with van der Waals surface area (Å²) in [4.78, 5) is 2.42. The van der Waals surface area contributed by atoms with E-state index >= 15 is 0 Å². The fraction of sp³-hybridized carbons (Fsp3) is 0. The highest BCUT2D eigenvalue weighted by molar-refractivity contribution is 6.15. The van der Waals surface area contributed by atoms with Gasteiger partial charge in [-0.15, -0.1) is 0 Å². The largest absolute Gasteiger partial charge is 0.310 e. The van der Waals surface area contributed by atoms with E-state index < -0.39 is 0 Å². The van der Waals surface area contributed by atoms with Gasteiger partial charge in [-0.2, -0.15) is 0 Å². The Morgan fingerprint density at radius 1 is 0.236 bits per heavy atom. The molecule has 0 spiro atoms. The molecule has 0 aromatic heterocycles. The minimum absolute atomic E-state index is 1.10. The van der Waals surface area contributed by atoms with Crippen molar-refractivity contribution in [1.29, 1.82) is 0 Å². The van der Waals surface area contributed by atoms with Gasteiger partial charge in [0.1, 0.15) is 0 Å². The van der Waals surface area contributed by atoms with Crippen molar-refractivity contribution in [2.45, 2.75) is 0 Å². The van der Waals surface area contributed by atoms with Crippen LogP contribution in [-0.2, 0) is 0 Å². The van der Waals surface area contributed by atoms with Gasteiger partial charge >= 0.3 is 0 Å². The van der Waals surface area contributed by atoms with Gasteiger partial charge in [-0.25, -0.2) is 0 Å². The molecule has 10 aromatic carbocycles. The molecular weight excluding hydrogens is 663 g/mol. The molecule has 1 nitrogen and oxygen atoms in total. The zero-order valence-electron chi connectivity index (χ0n) is 30.3. The number of hydrogen-bond acceptors (Lipinski definition) is 1. The van der Waals surface area contributed by atoms with Crippen LogP contribution in [0.15, 0.2) is 224 Å².